The summed E-state index contributed by atoms with van der Waals surface area (Å²) >= 11 is 5.75. The standard InChI is InChI=1S/C11H13ClN4/c1-16-10(5-7-15-16)4-6-13-11-3-2-9(12)8-14-11/h2-3,5,7-8H,4,6H2,1H3,(H,13,14). The van der Waals surface area contributed by atoms with Crippen molar-refractivity contribution in [2.45, 2.75) is 6.42 Å². The van der Waals surface area contributed by atoms with Crippen LogP contribution in [0.5, 0.6) is 0 Å². The van der Waals surface area contributed by atoms with Crippen LogP contribution in [0.1, 0.15) is 5.69 Å². The van der Waals surface area contributed by atoms with Crippen molar-refractivity contribution < 1.29 is 0 Å². The molecule has 2 aromatic heterocycles. The van der Waals surface area contributed by atoms with Gasteiger partial charge in [0.25, 0.3) is 0 Å². The Bertz CT molecular complexity index is 449. The van der Waals surface area contributed by atoms with E-state index in [0.29, 0.717) is 5.02 Å². The van der Waals surface area contributed by atoms with Gasteiger partial charge in [0.15, 0.2) is 0 Å². The van der Waals surface area contributed by atoms with Gasteiger partial charge in [-0.2, -0.15) is 5.10 Å². The summed E-state index contributed by atoms with van der Waals surface area (Å²) in [6.45, 7) is 0.828. The van der Waals surface area contributed by atoms with Gasteiger partial charge in [0, 0.05) is 38.1 Å². The zero-order valence-electron chi connectivity index (χ0n) is 9.02. The van der Waals surface area contributed by atoms with E-state index >= 15 is 0 Å². The van der Waals surface area contributed by atoms with Crippen LogP contribution in [0.4, 0.5) is 5.82 Å². The molecular weight excluding hydrogens is 224 g/mol. The zero-order chi connectivity index (χ0) is 11.4. The largest absolute Gasteiger partial charge is 0.370 e. The maximum Gasteiger partial charge on any atom is 0.125 e. The van der Waals surface area contributed by atoms with Crippen molar-refractivity contribution in [2.75, 3.05) is 11.9 Å². The number of aryl methyl sites for hydroxylation is 1. The van der Waals surface area contributed by atoms with Gasteiger partial charge in [0.05, 0.1) is 5.02 Å². The topological polar surface area (TPSA) is 42.7 Å². The molecule has 84 valence electrons. The third-order valence-electron chi connectivity index (χ3n) is 2.34. The molecule has 0 bridgehead atoms. The lowest BCUT2D eigenvalue weighted by molar-refractivity contribution is 0.711. The predicted molar refractivity (Wildman–Crippen MR) is 64.6 cm³/mol. The third-order valence-corrected chi connectivity index (χ3v) is 2.56. The van der Waals surface area contributed by atoms with Crippen LogP contribution in [0.15, 0.2) is 30.6 Å². The van der Waals surface area contributed by atoms with E-state index in [9.17, 15) is 0 Å². The van der Waals surface area contributed by atoms with Gasteiger partial charge in [-0.3, -0.25) is 4.68 Å². The second-order valence-corrected chi connectivity index (χ2v) is 3.92. The van der Waals surface area contributed by atoms with Crippen molar-refractivity contribution in [3.8, 4) is 0 Å². The molecule has 0 fully saturated rings. The fourth-order valence-electron chi connectivity index (χ4n) is 1.45. The van der Waals surface area contributed by atoms with Crippen molar-refractivity contribution in [1.29, 1.82) is 0 Å². The molecule has 0 aromatic carbocycles. The molecule has 4 nitrogen and oxygen atoms in total. The Hall–Kier alpha value is -1.55. The quantitative estimate of drug-likeness (QED) is 0.884. The lowest BCUT2D eigenvalue weighted by Crippen LogP contribution is -2.09. The van der Waals surface area contributed by atoms with E-state index in [1.165, 1.54) is 5.69 Å². The molecule has 0 saturated carbocycles. The number of nitrogens with one attached hydrogen (secondary N) is 1. The fourth-order valence-corrected chi connectivity index (χ4v) is 1.56. The van der Waals surface area contributed by atoms with Crippen molar-refractivity contribution in [3.63, 3.8) is 0 Å². The highest BCUT2D eigenvalue weighted by atomic mass is 35.5. The monoisotopic (exact) mass is 236 g/mol. The molecule has 2 aromatic rings. The molecule has 0 aliphatic heterocycles. The molecule has 0 aliphatic rings. The van der Waals surface area contributed by atoms with Crippen LogP contribution in [0, 0.1) is 0 Å². The molecule has 5 heteroatoms. The van der Waals surface area contributed by atoms with E-state index in [4.69, 9.17) is 11.6 Å². The van der Waals surface area contributed by atoms with Crippen molar-refractivity contribution in [2.24, 2.45) is 7.05 Å². The van der Waals surface area contributed by atoms with Crippen LogP contribution in [0.2, 0.25) is 5.02 Å². The number of halogens is 1. The first kappa shape index (κ1) is 11.0. The van der Waals surface area contributed by atoms with Crippen molar-refractivity contribution in [1.82, 2.24) is 14.8 Å². The molecule has 0 atom stereocenters. The summed E-state index contributed by atoms with van der Waals surface area (Å²) in [6, 6.07) is 5.70. The van der Waals surface area contributed by atoms with Gasteiger partial charge >= 0.3 is 0 Å². The Morgan fingerprint density at radius 2 is 2.25 bits per heavy atom. The summed E-state index contributed by atoms with van der Waals surface area (Å²) < 4.78 is 1.87. The molecule has 0 saturated heterocycles. The highest BCUT2D eigenvalue weighted by molar-refractivity contribution is 6.30. The number of nitrogens with zero attached hydrogens (tertiary/aromatic N) is 3. The number of hydrogen-bond donors (Lipinski definition) is 1. The summed E-state index contributed by atoms with van der Waals surface area (Å²) in [7, 11) is 1.94. The Labute approximate surface area is 99.3 Å². The van der Waals surface area contributed by atoms with Crippen molar-refractivity contribution >= 4 is 17.4 Å². The van der Waals surface area contributed by atoms with E-state index in [-0.39, 0.29) is 0 Å². The van der Waals surface area contributed by atoms with Gasteiger partial charge in [-0.1, -0.05) is 11.6 Å². The number of pyridine rings is 1. The van der Waals surface area contributed by atoms with Gasteiger partial charge in [0.2, 0.25) is 0 Å². The van der Waals surface area contributed by atoms with Gasteiger partial charge in [-0.15, -0.1) is 0 Å². The summed E-state index contributed by atoms with van der Waals surface area (Å²) in [5, 5.41) is 7.99. The van der Waals surface area contributed by atoms with E-state index < -0.39 is 0 Å². The van der Waals surface area contributed by atoms with Gasteiger partial charge < -0.3 is 5.32 Å². The average molecular weight is 237 g/mol. The maximum absolute atomic E-state index is 5.75. The minimum Gasteiger partial charge on any atom is -0.370 e. The van der Waals surface area contributed by atoms with Crippen LogP contribution >= 0.6 is 11.6 Å². The van der Waals surface area contributed by atoms with Crippen LogP contribution in [-0.4, -0.2) is 21.3 Å². The number of rotatable bonds is 4. The Balaban J connectivity index is 1.84. The van der Waals surface area contributed by atoms with E-state index in [1.807, 2.05) is 29.9 Å². The van der Waals surface area contributed by atoms with Gasteiger partial charge in [0.1, 0.15) is 5.82 Å². The fraction of sp³-hybridized carbons (Fsp3) is 0.273. The van der Waals surface area contributed by atoms with Crippen LogP contribution < -0.4 is 5.32 Å². The van der Waals surface area contributed by atoms with Gasteiger partial charge in [-0.05, 0) is 18.2 Å². The van der Waals surface area contributed by atoms with E-state index in [0.717, 1.165) is 18.8 Å². The highest BCUT2D eigenvalue weighted by Crippen LogP contribution is 2.09. The maximum atomic E-state index is 5.75. The first-order chi connectivity index (χ1) is 7.75. The first-order valence-electron chi connectivity index (χ1n) is 5.08. The normalized spacial score (nSPS) is 10.4. The second kappa shape index (κ2) is 4.99. The molecule has 0 aliphatic carbocycles. The molecule has 0 spiro atoms. The summed E-state index contributed by atoms with van der Waals surface area (Å²) in [6.07, 6.45) is 4.35. The lowest BCUT2D eigenvalue weighted by atomic mass is 10.3. The summed E-state index contributed by atoms with van der Waals surface area (Å²) in [5.41, 5.74) is 1.20. The number of hydrogen-bond acceptors (Lipinski definition) is 3. The van der Waals surface area contributed by atoms with E-state index in [2.05, 4.69) is 15.4 Å². The molecule has 0 amide bonds. The second-order valence-electron chi connectivity index (χ2n) is 3.48. The van der Waals surface area contributed by atoms with Crippen molar-refractivity contribution in [3.05, 3.63) is 41.3 Å². The van der Waals surface area contributed by atoms with E-state index in [1.54, 1.807) is 12.4 Å². The predicted octanol–water partition coefficient (Wildman–Crippen LogP) is 2.12. The molecular formula is C11H13ClN4. The molecule has 0 radical (unpaired) electrons. The van der Waals surface area contributed by atoms with Gasteiger partial charge in [-0.25, -0.2) is 4.98 Å². The third kappa shape index (κ3) is 2.73. The summed E-state index contributed by atoms with van der Waals surface area (Å²) in [4.78, 5) is 4.15. The Morgan fingerprint density at radius 1 is 1.38 bits per heavy atom. The molecule has 2 rings (SSSR count). The Kier molecular flexibility index (Phi) is 3.41. The van der Waals surface area contributed by atoms with Crippen LogP contribution in [0.25, 0.3) is 0 Å². The number of anilines is 1. The minimum absolute atomic E-state index is 0.650. The zero-order valence-corrected chi connectivity index (χ0v) is 9.78. The molecule has 16 heavy (non-hydrogen) atoms. The molecule has 0 unspecified atom stereocenters. The smallest absolute Gasteiger partial charge is 0.125 e. The molecule has 1 N–H and O–H groups in total. The van der Waals surface area contributed by atoms with Crippen LogP contribution in [-0.2, 0) is 13.5 Å². The molecule has 2 heterocycles. The average Bonchev–Trinajstić information content (AvgIpc) is 2.68. The lowest BCUT2D eigenvalue weighted by Gasteiger charge is -2.05. The number of aromatic nitrogens is 3. The highest BCUT2D eigenvalue weighted by Gasteiger charge is 1.98. The first-order valence-corrected chi connectivity index (χ1v) is 5.46. The van der Waals surface area contributed by atoms with Crippen LogP contribution in [0.3, 0.4) is 0 Å². The SMILES string of the molecule is Cn1nccc1CCNc1ccc(Cl)cn1. The minimum atomic E-state index is 0.650. The summed E-state index contributed by atoms with van der Waals surface area (Å²) in [5.74, 6) is 0.839. The Morgan fingerprint density at radius 3 is 2.88 bits per heavy atom.